The van der Waals surface area contributed by atoms with Gasteiger partial charge in [0.25, 0.3) is 0 Å². The van der Waals surface area contributed by atoms with Crippen molar-refractivity contribution in [3.63, 3.8) is 0 Å². The van der Waals surface area contributed by atoms with Gasteiger partial charge in [0.15, 0.2) is 0 Å². The summed E-state index contributed by atoms with van der Waals surface area (Å²) in [5.74, 6) is 1.43. The molecule has 1 fully saturated rings. The Morgan fingerprint density at radius 1 is 1.37 bits per heavy atom. The number of hydrogen-bond donors (Lipinski definition) is 1. The molecule has 7 nitrogen and oxygen atoms in total. The van der Waals surface area contributed by atoms with Crippen LogP contribution in [0.2, 0.25) is 0 Å². The van der Waals surface area contributed by atoms with E-state index in [0.29, 0.717) is 18.9 Å². The lowest BCUT2D eigenvalue weighted by molar-refractivity contribution is -0.0517. The zero-order valence-corrected chi connectivity index (χ0v) is 16.6. The third-order valence-electron chi connectivity index (χ3n) is 4.33. The van der Waals surface area contributed by atoms with Gasteiger partial charge in [0.2, 0.25) is 0 Å². The number of nitrogens with zero attached hydrogens (tertiary/aromatic N) is 3. The standard InChI is InChI=1S/C19H27N3O4.ClH/c1-15-9-20-22(10-15)13-19-12-21(6-7-25-19)11-16(23)14-26-18-5-3-4-17(8-18)24-2;/h3-5,8-10,16,19,23H,6-7,11-14H2,1-2H3;1H. The van der Waals surface area contributed by atoms with Crippen molar-refractivity contribution < 1.29 is 19.3 Å². The van der Waals surface area contributed by atoms with Crippen LogP contribution in [0.4, 0.5) is 0 Å². The Bertz CT molecular complexity index is 697. The van der Waals surface area contributed by atoms with Gasteiger partial charge in [-0.25, -0.2) is 0 Å². The summed E-state index contributed by atoms with van der Waals surface area (Å²) in [6.45, 7) is 5.79. The van der Waals surface area contributed by atoms with Crippen LogP contribution in [0, 0.1) is 6.92 Å². The van der Waals surface area contributed by atoms with E-state index in [1.807, 2.05) is 48.3 Å². The van der Waals surface area contributed by atoms with Gasteiger partial charge in [0.1, 0.15) is 24.2 Å². The first-order chi connectivity index (χ1) is 12.6. The van der Waals surface area contributed by atoms with Gasteiger partial charge in [-0.1, -0.05) is 6.07 Å². The molecular weight excluding hydrogens is 370 g/mol. The highest BCUT2D eigenvalue weighted by Gasteiger charge is 2.23. The van der Waals surface area contributed by atoms with Crippen molar-refractivity contribution in [3.8, 4) is 11.5 Å². The first-order valence-electron chi connectivity index (χ1n) is 8.90. The van der Waals surface area contributed by atoms with Crippen molar-refractivity contribution in [3.05, 3.63) is 42.2 Å². The third-order valence-corrected chi connectivity index (χ3v) is 4.33. The SMILES string of the molecule is COc1cccc(OCC(O)CN2CCOC(Cn3cc(C)cn3)C2)c1.Cl. The number of halogens is 1. The Balaban J connectivity index is 0.00000261. The van der Waals surface area contributed by atoms with Crippen molar-refractivity contribution in [2.75, 3.05) is 40.0 Å². The predicted octanol–water partition coefficient (Wildman–Crippen LogP) is 1.76. The molecule has 2 unspecified atom stereocenters. The lowest BCUT2D eigenvalue weighted by Crippen LogP contribution is -2.47. The van der Waals surface area contributed by atoms with E-state index in [1.54, 1.807) is 7.11 Å². The number of methoxy groups -OCH3 is 1. The molecule has 0 bridgehead atoms. The molecule has 150 valence electrons. The number of rotatable bonds is 8. The van der Waals surface area contributed by atoms with Crippen LogP contribution in [0.1, 0.15) is 5.56 Å². The van der Waals surface area contributed by atoms with E-state index in [-0.39, 0.29) is 25.1 Å². The quantitative estimate of drug-likeness (QED) is 0.732. The summed E-state index contributed by atoms with van der Waals surface area (Å²) in [6.07, 6.45) is 3.38. The number of β-amino-alcohol motifs (C(OH)–C–C–N with tert-alkyl or cyclic N) is 1. The second-order valence-corrected chi connectivity index (χ2v) is 6.64. The van der Waals surface area contributed by atoms with Crippen molar-refractivity contribution in [1.29, 1.82) is 0 Å². The van der Waals surface area contributed by atoms with Crippen molar-refractivity contribution in [2.45, 2.75) is 25.7 Å². The first-order valence-corrected chi connectivity index (χ1v) is 8.90. The van der Waals surface area contributed by atoms with Crippen molar-refractivity contribution in [1.82, 2.24) is 14.7 Å². The smallest absolute Gasteiger partial charge is 0.123 e. The topological polar surface area (TPSA) is 69.0 Å². The number of aliphatic hydroxyl groups excluding tert-OH is 1. The first kappa shape index (κ1) is 21.5. The Kier molecular flexibility index (Phi) is 8.37. The summed E-state index contributed by atoms with van der Waals surface area (Å²) < 4.78 is 18.6. The molecule has 2 heterocycles. The molecule has 1 aliphatic rings. The Hall–Kier alpha value is -1.80. The number of aromatic nitrogens is 2. The zero-order chi connectivity index (χ0) is 18.4. The monoisotopic (exact) mass is 397 g/mol. The maximum atomic E-state index is 10.3. The summed E-state index contributed by atoms with van der Waals surface area (Å²) >= 11 is 0. The van der Waals surface area contributed by atoms with Crippen LogP contribution in [-0.2, 0) is 11.3 Å². The number of ether oxygens (including phenoxy) is 3. The maximum Gasteiger partial charge on any atom is 0.123 e. The van der Waals surface area contributed by atoms with E-state index in [1.165, 1.54) is 0 Å². The van der Waals surface area contributed by atoms with E-state index in [9.17, 15) is 5.11 Å². The van der Waals surface area contributed by atoms with Gasteiger partial charge in [0.05, 0.1) is 32.6 Å². The lowest BCUT2D eigenvalue weighted by Gasteiger charge is -2.34. The summed E-state index contributed by atoms with van der Waals surface area (Å²) in [5.41, 5.74) is 1.14. The summed E-state index contributed by atoms with van der Waals surface area (Å²) in [7, 11) is 1.62. The number of aryl methyl sites for hydroxylation is 1. The van der Waals surface area contributed by atoms with Crippen LogP contribution in [0.3, 0.4) is 0 Å². The minimum Gasteiger partial charge on any atom is -0.497 e. The molecule has 1 aromatic carbocycles. The number of aliphatic hydroxyl groups is 1. The molecule has 1 N–H and O–H groups in total. The largest absolute Gasteiger partial charge is 0.497 e. The Morgan fingerprint density at radius 2 is 2.19 bits per heavy atom. The fourth-order valence-electron chi connectivity index (χ4n) is 3.07. The summed E-state index contributed by atoms with van der Waals surface area (Å²) in [6, 6.07) is 7.39. The van der Waals surface area contributed by atoms with Gasteiger partial charge in [0, 0.05) is 31.9 Å². The van der Waals surface area contributed by atoms with Gasteiger partial charge in [-0.05, 0) is 24.6 Å². The highest BCUT2D eigenvalue weighted by molar-refractivity contribution is 5.85. The van der Waals surface area contributed by atoms with Gasteiger partial charge in [-0.15, -0.1) is 12.4 Å². The zero-order valence-electron chi connectivity index (χ0n) is 15.8. The van der Waals surface area contributed by atoms with Crippen LogP contribution < -0.4 is 9.47 Å². The maximum absolute atomic E-state index is 10.3. The van der Waals surface area contributed by atoms with Crippen LogP contribution >= 0.6 is 12.4 Å². The Labute approximate surface area is 166 Å². The van der Waals surface area contributed by atoms with Crippen LogP contribution in [0.25, 0.3) is 0 Å². The van der Waals surface area contributed by atoms with Gasteiger partial charge < -0.3 is 19.3 Å². The molecule has 0 radical (unpaired) electrons. The van der Waals surface area contributed by atoms with E-state index in [0.717, 1.165) is 30.9 Å². The molecule has 0 spiro atoms. The van der Waals surface area contributed by atoms with Crippen LogP contribution in [0.5, 0.6) is 11.5 Å². The Morgan fingerprint density at radius 3 is 2.93 bits per heavy atom. The minimum absolute atomic E-state index is 0. The lowest BCUT2D eigenvalue weighted by atomic mass is 10.2. The second kappa shape index (κ2) is 10.5. The van der Waals surface area contributed by atoms with Crippen LogP contribution in [0.15, 0.2) is 36.7 Å². The normalized spacial score (nSPS) is 18.6. The molecule has 2 aromatic rings. The fourth-order valence-corrected chi connectivity index (χ4v) is 3.07. The number of morpholine rings is 1. The van der Waals surface area contributed by atoms with E-state index < -0.39 is 6.10 Å². The fraction of sp³-hybridized carbons (Fsp3) is 0.526. The number of benzene rings is 1. The molecule has 1 saturated heterocycles. The van der Waals surface area contributed by atoms with E-state index >= 15 is 0 Å². The minimum atomic E-state index is -0.563. The summed E-state index contributed by atoms with van der Waals surface area (Å²) in [4.78, 5) is 2.21. The molecule has 3 rings (SSSR count). The molecule has 0 aliphatic carbocycles. The molecule has 0 saturated carbocycles. The highest BCUT2D eigenvalue weighted by atomic mass is 35.5. The molecule has 0 amide bonds. The van der Waals surface area contributed by atoms with Gasteiger partial charge in [-0.3, -0.25) is 9.58 Å². The molecule has 2 atom stereocenters. The predicted molar refractivity (Wildman–Crippen MR) is 105 cm³/mol. The highest BCUT2D eigenvalue weighted by Crippen LogP contribution is 2.19. The van der Waals surface area contributed by atoms with Crippen molar-refractivity contribution >= 4 is 12.4 Å². The average Bonchev–Trinajstić information content (AvgIpc) is 3.05. The molecule has 27 heavy (non-hydrogen) atoms. The summed E-state index contributed by atoms with van der Waals surface area (Å²) in [5, 5.41) is 14.6. The molecule has 1 aliphatic heterocycles. The van der Waals surface area contributed by atoms with E-state index in [4.69, 9.17) is 14.2 Å². The molecule has 1 aromatic heterocycles. The van der Waals surface area contributed by atoms with E-state index in [2.05, 4.69) is 10.00 Å². The van der Waals surface area contributed by atoms with Gasteiger partial charge in [-0.2, -0.15) is 5.10 Å². The van der Waals surface area contributed by atoms with Gasteiger partial charge >= 0.3 is 0 Å². The molecule has 8 heteroatoms. The third kappa shape index (κ3) is 6.70. The second-order valence-electron chi connectivity index (χ2n) is 6.64. The number of hydrogen-bond acceptors (Lipinski definition) is 6. The average molecular weight is 398 g/mol. The molecular formula is C19H28ClN3O4. The van der Waals surface area contributed by atoms with Crippen molar-refractivity contribution in [2.24, 2.45) is 0 Å². The van der Waals surface area contributed by atoms with Crippen LogP contribution in [-0.4, -0.2) is 72.0 Å².